The molecule has 1 aliphatic heterocycles. The van der Waals surface area contributed by atoms with E-state index < -0.39 is 5.54 Å². The Bertz CT molecular complexity index is 1060. The van der Waals surface area contributed by atoms with E-state index in [0.29, 0.717) is 37.0 Å². The average molecular weight is 495 g/mol. The highest BCUT2D eigenvalue weighted by molar-refractivity contribution is 6.00. The summed E-state index contributed by atoms with van der Waals surface area (Å²) in [5.74, 6) is 0.991. The number of nitrogens with one attached hydrogen (secondary N) is 1. The smallest absolute Gasteiger partial charge is 0.273 e. The zero-order valence-electron chi connectivity index (χ0n) is 22.4. The minimum Gasteiger partial charge on any atom is -0.493 e. The lowest BCUT2D eigenvalue weighted by atomic mass is 9.91. The number of ether oxygens (including phenoxy) is 1. The standard InChI is InChI=1S/C29H42N4O3/c1-5-6-18-36-26-15-11-10-14-23(26)24-19-25-27(34)32(17-16-21(2)3)29(4,20-33(25)31-24)28(35)30-22-12-8-7-9-13-22/h10-11,14-15,19,21-22H,5-9,12-13,16-18,20H2,1-4H3,(H,30,35)/t29-/m1/s1. The minimum atomic E-state index is -0.989. The Labute approximate surface area is 215 Å². The van der Waals surface area contributed by atoms with Crippen LogP contribution in [0.25, 0.3) is 11.3 Å². The first-order valence-electron chi connectivity index (χ1n) is 13.8. The van der Waals surface area contributed by atoms with Gasteiger partial charge in [-0.25, -0.2) is 0 Å². The van der Waals surface area contributed by atoms with Crippen molar-refractivity contribution in [1.82, 2.24) is 20.0 Å². The molecule has 36 heavy (non-hydrogen) atoms. The van der Waals surface area contributed by atoms with Gasteiger partial charge in [0.2, 0.25) is 5.91 Å². The van der Waals surface area contributed by atoms with E-state index in [1.54, 1.807) is 9.58 Å². The number of aromatic nitrogens is 2. The van der Waals surface area contributed by atoms with Crippen molar-refractivity contribution < 1.29 is 14.3 Å². The number of unbranched alkanes of at least 4 members (excludes halogenated alkanes) is 1. The molecule has 0 unspecified atom stereocenters. The summed E-state index contributed by atoms with van der Waals surface area (Å²) >= 11 is 0. The predicted molar refractivity (Wildman–Crippen MR) is 142 cm³/mol. The molecule has 0 bridgehead atoms. The molecule has 7 heteroatoms. The summed E-state index contributed by atoms with van der Waals surface area (Å²) in [4.78, 5) is 29.3. The highest BCUT2D eigenvalue weighted by atomic mass is 16.5. The molecule has 2 aliphatic rings. The van der Waals surface area contributed by atoms with Gasteiger partial charge in [0.15, 0.2) is 0 Å². The molecule has 0 saturated heterocycles. The highest BCUT2D eigenvalue weighted by Gasteiger charge is 2.48. The number of benzene rings is 1. The second-order valence-electron chi connectivity index (χ2n) is 11.0. The first-order valence-corrected chi connectivity index (χ1v) is 13.8. The van der Waals surface area contributed by atoms with Crippen LogP contribution in [-0.4, -0.2) is 51.2 Å². The fraction of sp³-hybridized carbons (Fsp3) is 0.621. The maximum absolute atomic E-state index is 13.8. The fourth-order valence-corrected chi connectivity index (χ4v) is 5.23. The summed E-state index contributed by atoms with van der Waals surface area (Å²) in [5.41, 5.74) is 1.10. The third-order valence-electron chi connectivity index (χ3n) is 7.58. The number of amides is 2. The molecule has 2 heterocycles. The van der Waals surface area contributed by atoms with Crippen molar-refractivity contribution in [3.63, 3.8) is 0 Å². The first-order chi connectivity index (χ1) is 17.3. The zero-order chi connectivity index (χ0) is 25.7. The van der Waals surface area contributed by atoms with E-state index in [9.17, 15) is 9.59 Å². The molecular weight excluding hydrogens is 452 g/mol. The third-order valence-corrected chi connectivity index (χ3v) is 7.58. The summed E-state index contributed by atoms with van der Waals surface area (Å²) in [6, 6.07) is 9.87. The van der Waals surface area contributed by atoms with Crippen molar-refractivity contribution in [2.45, 2.75) is 97.2 Å². The number of hydrogen-bond donors (Lipinski definition) is 1. The third kappa shape index (κ3) is 5.60. The lowest BCUT2D eigenvalue weighted by molar-refractivity contribution is -0.134. The second kappa shape index (κ2) is 11.5. The van der Waals surface area contributed by atoms with Crippen LogP contribution in [0.15, 0.2) is 30.3 Å². The van der Waals surface area contributed by atoms with Gasteiger partial charge < -0.3 is 15.0 Å². The van der Waals surface area contributed by atoms with Gasteiger partial charge >= 0.3 is 0 Å². The fourth-order valence-electron chi connectivity index (χ4n) is 5.23. The molecule has 1 atom stereocenters. The van der Waals surface area contributed by atoms with Crippen molar-refractivity contribution in [3.05, 3.63) is 36.0 Å². The monoisotopic (exact) mass is 494 g/mol. The van der Waals surface area contributed by atoms with Crippen LogP contribution in [0.2, 0.25) is 0 Å². The molecule has 1 aliphatic carbocycles. The molecule has 1 saturated carbocycles. The van der Waals surface area contributed by atoms with Gasteiger partial charge in [-0.1, -0.05) is 58.6 Å². The van der Waals surface area contributed by atoms with Crippen molar-refractivity contribution >= 4 is 11.8 Å². The molecule has 7 nitrogen and oxygen atoms in total. The van der Waals surface area contributed by atoms with Gasteiger partial charge in [-0.2, -0.15) is 5.10 Å². The molecule has 1 fully saturated rings. The highest BCUT2D eigenvalue weighted by Crippen LogP contribution is 2.34. The predicted octanol–water partition coefficient (Wildman–Crippen LogP) is 5.44. The van der Waals surface area contributed by atoms with Crippen molar-refractivity contribution in [2.75, 3.05) is 13.2 Å². The van der Waals surface area contributed by atoms with E-state index in [2.05, 4.69) is 26.1 Å². The van der Waals surface area contributed by atoms with Crippen LogP contribution in [-0.2, 0) is 11.3 Å². The number of rotatable bonds is 10. The van der Waals surface area contributed by atoms with Crippen molar-refractivity contribution in [3.8, 4) is 17.0 Å². The number of hydrogen-bond acceptors (Lipinski definition) is 4. The Hall–Kier alpha value is -2.83. The van der Waals surface area contributed by atoms with Crippen LogP contribution in [0, 0.1) is 5.92 Å². The Morgan fingerprint density at radius 2 is 1.97 bits per heavy atom. The lowest BCUT2D eigenvalue weighted by Gasteiger charge is -2.44. The van der Waals surface area contributed by atoms with Gasteiger partial charge in [-0.3, -0.25) is 14.3 Å². The van der Waals surface area contributed by atoms with Crippen molar-refractivity contribution in [1.29, 1.82) is 0 Å². The van der Waals surface area contributed by atoms with E-state index in [-0.39, 0.29) is 17.9 Å². The summed E-state index contributed by atoms with van der Waals surface area (Å²) in [7, 11) is 0. The largest absolute Gasteiger partial charge is 0.493 e. The maximum atomic E-state index is 13.8. The van der Waals surface area contributed by atoms with E-state index in [1.165, 1.54) is 6.42 Å². The van der Waals surface area contributed by atoms with Crippen LogP contribution in [0.1, 0.15) is 89.5 Å². The van der Waals surface area contributed by atoms with E-state index in [4.69, 9.17) is 9.84 Å². The molecule has 1 aromatic heterocycles. The maximum Gasteiger partial charge on any atom is 0.273 e. The van der Waals surface area contributed by atoms with E-state index >= 15 is 0 Å². The summed E-state index contributed by atoms with van der Waals surface area (Å²) in [6.45, 7) is 9.85. The quantitative estimate of drug-likeness (QED) is 0.446. The molecule has 1 aromatic carbocycles. The molecule has 0 radical (unpaired) electrons. The topological polar surface area (TPSA) is 76.5 Å². The molecular formula is C29H42N4O3. The van der Waals surface area contributed by atoms with Gasteiger partial charge in [0.05, 0.1) is 18.8 Å². The Balaban J connectivity index is 1.65. The summed E-state index contributed by atoms with van der Waals surface area (Å²) in [5, 5.41) is 8.10. The Morgan fingerprint density at radius 1 is 1.22 bits per heavy atom. The first kappa shape index (κ1) is 26.2. The molecule has 4 rings (SSSR count). The molecule has 0 spiro atoms. The average Bonchev–Trinajstić information content (AvgIpc) is 3.28. The number of carbonyl (C=O) groups excluding carboxylic acids is 2. The number of nitrogens with zero attached hydrogens (tertiary/aromatic N) is 3. The minimum absolute atomic E-state index is 0.0718. The number of fused-ring (bicyclic) bond motifs is 1. The second-order valence-corrected chi connectivity index (χ2v) is 11.0. The Kier molecular flexibility index (Phi) is 8.37. The van der Waals surface area contributed by atoms with Gasteiger partial charge in [0.1, 0.15) is 17.0 Å². The van der Waals surface area contributed by atoms with Gasteiger partial charge in [0, 0.05) is 18.2 Å². The van der Waals surface area contributed by atoms with Gasteiger partial charge in [-0.15, -0.1) is 0 Å². The van der Waals surface area contributed by atoms with Crippen LogP contribution in [0.5, 0.6) is 5.75 Å². The summed E-state index contributed by atoms with van der Waals surface area (Å²) < 4.78 is 7.76. The van der Waals surface area contributed by atoms with E-state index in [0.717, 1.165) is 56.3 Å². The van der Waals surface area contributed by atoms with Crippen LogP contribution >= 0.6 is 0 Å². The number of carbonyl (C=O) groups is 2. The van der Waals surface area contributed by atoms with E-state index in [1.807, 2.05) is 37.3 Å². The molecule has 196 valence electrons. The SMILES string of the molecule is CCCCOc1ccccc1-c1cc2n(n1)C[C@](C)(C(=O)NC1CCCCC1)N(CCC(C)C)C2=O. The lowest BCUT2D eigenvalue weighted by Crippen LogP contribution is -2.65. The Morgan fingerprint density at radius 3 is 2.69 bits per heavy atom. The van der Waals surface area contributed by atoms with Crippen LogP contribution in [0.3, 0.4) is 0 Å². The zero-order valence-corrected chi connectivity index (χ0v) is 22.4. The van der Waals surface area contributed by atoms with Gasteiger partial charge in [0.25, 0.3) is 5.91 Å². The van der Waals surface area contributed by atoms with Gasteiger partial charge in [-0.05, 0) is 56.7 Å². The van der Waals surface area contributed by atoms with Crippen LogP contribution < -0.4 is 10.1 Å². The molecule has 2 aromatic rings. The normalized spacial score (nSPS) is 20.5. The van der Waals surface area contributed by atoms with Crippen molar-refractivity contribution in [2.24, 2.45) is 5.92 Å². The molecule has 2 amide bonds. The summed E-state index contributed by atoms with van der Waals surface area (Å²) in [6.07, 6.45) is 8.41. The van der Waals surface area contributed by atoms with Crippen LogP contribution in [0.4, 0.5) is 0 Å². The molecule has 1 N–H and O–H groups in total. The number of para-hydroxylation sites is 1.